The van der Waals surface area contributed by atoms with Crippen molar-refractivity contribution >= 4 is 23.4 Å². The van der Waals surface area contributed by atoms with E-state index in [-0.39, 0.29) is 5.82 Å². The molecular formula is C19H29FN4OS. The molecule has 2 aliphatic heterocycles. The molecule has 0 radical (unpaired) electrons. The Kier molecular flexibility index (Phi) is 6.64. The molecule has 2 saturated heterocycles. The van der Waals surface area contributed by atoms with Gasteiger partial charge in [0.15, 0.2) is 5.96 Å². The monoisotopic (exact) mass is 380 g/mol. The Hall–Kier alpha value is -1.47. The average Bonchev–Trinajstić information content (AvgIpc) is 3.08. The Bertz CT molecular complexity index is 613. The van der Waals surface area contributed by atoms with E-state index < -0.39 is 5.60 Å². The Labute approximate surface area is 159 Å². The normalized spacial score (nSPS) is 24.7. The molecule has 3 rings (SSSR count). The van der Waals surface area contributed by atoms with Crippen molar-refractivity contribution in [1.82, 2.24) is 10.6 Å². The summed E-state index contributed by atoms with van der Waals surface area (Å²) in [5.74, 6) is 2.37. The molecule has 0 aromatic heterocycles. The summed E-state index contributed by atoms with van der Waals surface area (Å²) in [6.45, 7) is 5.06. The van der Waals surface area contributed by atoms with Crippen LogP contribution in [0.1, 0.15) is 26.2 Å². The van der Waals surface area contributed by atoms with Gasteiger partial charge in [-0.15, -0.1) is 0 Å². The van der Waals surface area contributed by atoms with E-state index >= 15 is 0 Å². The van der Waals surface area contributed by atoms with Crippen LogP contribution in [-0.4, -0.2) is 60.4 Å². The summed E-state index contributed by atoms with van der Waals surface area (Å²) in [5.41, 5.74) is 0.290. The number of halogens is 1. The van der Waals surface area contributed by atoms with Gasteiger partial charge in [-0.1, -0.05) is 6.07 Å². The molecule has 1 unspecified atom stereocenters. The van der Waals surface area contributed by atoms with Crippen molar-refractivity contribution in [2.45, 2.75) is 37.8 Å². The number of anilines is 1. The van der Waals surface area contributed by atoms with E-state index in [0.29, 0.717) is 12.6 Å². The van der Waals surface area contributed by atoms with Gasteiger partial charge in [0.1, 0.15) is 5.82 Å². The van der Waals surface area contributed by atoms with Gasteiger partial charge in [-0.25, -0.2) is 4.39 Å². The molecule has 3 N–H and O–H groups in total. The lowest BCUT2D eigenvalue weighted by Gasteiger charge is -2.34. The van der Waals surface area contributed by atoms with Crippen LogP contribution in [0.15, 0.2) is 29.3 Å². The Morgan fingerprint density at radius 1 is 1.42 bits per heavy atom. The van der Waals surface area contributed by atoms with Crippen molar-refractivity contribution in [3.8, 4) is 0 Å². The predicted molar refractivity (Wildman–Crippen MR) is 108 cm³/mol. The second-order valence-corrected chi connectivity index (χ2v) is 8.21. The van der Waals surface area contributed by atoms with Crippen LogP contribution in [0.2, 0.25) is 0 Å². The summed E-state index contributed by atoms with van der Waals surface area (Å²) in [6.07, 6.45) is 2.76. The molecule has 0 amide bonds. The van der Waals surface area contributed by atoms with Crippen LogP contribution in [0.5, 0.6) is 0 Å². The molecule has 0 spiro atoms. The number of hydrogen-bond acceptors (Lipinski definition) is 4. The van der Waals surface area contributed by atoms with Crippen molar-refractivity contribution in [3.05, 3.63) is 30.1 Å². The second kappa shape index (κ2) is 8.95. The summed E-state index contributed by atoms with van der Waals surface area (Å²) in [5, 5.41) is 17.3. The number of nitrogens with one attached hydrogen (secondary N) is 2. The molecule has 144 valence electrons. The summed E-state index contributed by atoms with van der Waals surface area (Å²) in [6, 6.07) is 7.14. The second-order valence-electron chi connectivity index (χ2n) is 7.11. The number of benzene rings is 1. The van der Waals surface area contributed by atoms with Crippen LogP contribution < -0.4 is 15.5 Å². The number of nitrogens with zero attached hydrogens (tertiary/aromatic N) is 2. The highest BCUT2D eigenvalue weighted by atomic mass is 32.2. The summed E-state index contributed by atoms with van der Waals surface area (Å²) in [4.78, 5) is 6.84. The number of guanidine groups is 1. The SMILES string of the molecule is CCNC(=NCC1(O)CCSC1)NC1CCN(c2cccc(F)c2)CC1. The number of thioether (sulfide) groups is 1. The van der Waals surface area contributed by atoms with Gasteiger partial charge in [0.25, 0.3) is 0 Å². The van der Waals surface area contributed by atoms with E-state index in [0.717, 1.165) is 62.0 Å². The number of piperidine rings is 1. The highest BCUT2D eigenvalue weighted by molar-refractivity contribution is 7.99. The molecular weight excluding hydrogens is 351 g/mol. The molecule has 2 fully saturated rings. The van der Waals surface area contributed by atoms with Crippen molar-refractivity contribution in [2.24, 2.45) is 4.99 Å². The van der Waals surface area contributed by atoms with Gasteiger partial charge in [-0.2, -0.15) is 11.8 Å². The predicted octanol–water partition coefficient (Wildman–Crippen LogP) is 2.22. The molecule has 1 aromatic carbocycles. The summed E-state index contributed by atoms with van der Waals surface area (Å²) in [7, 11) is 0. The lowest BCUT2D eigenvalue weighted by atomic mass is 10.0. The zero-order valence-electron chi connectivity index (χ0n) is 15.4. The Balaban J connectivity index is 1.52. The lowest BCUT2D eigenvalue weighted by molar-refractivity contribution is 0.0778. The molecule has 7 heteroatoms. The van der Waals surface area contributed by atoms with Crippen molar-refractivity contribution in [2.75, 3.05) is 42.6 Å². The molecule has 0 saturated carbocycles. The van der Waals surface area contributed by atoms with Gasteiger partial charge >= 0.3 is 0 Å². The standard InChI is InChI=1S/C19H29FN4OS/c1-2-21-18(22-13-19(25)8-11-26-14-19)23-16-6-9-24(10-7-16)17-5-3-4-15(20)12-17/h3-5,12,16,25H,2,6-11,13-14H2,1H3,(H2,21,22,23). The highest BCUT2D eigenvalue weighted by Gasteiger charge is 2.31. The quantitative estimate of drug-likeness (QED) is 0.540. The first-order valence-corrected chi connectivity index (χ1v) is 10.6. The fourth-order valence-corrected chi connectivity index (χ4v) is 4.70. The fraction of sp³-hybridized carbons (Fsp3) is 0.632. The maximum absolute atomic E-state index is 13.4. The van der Waals surface area contributed by atoms with Crippen LogP contribution in [-0.2, 0) is 0 Å². The number of aliphatic imine (C=N–C) groups is 1. The van der Waals surface area contributed by atoms with E-state index in [1.54, 1.807) is 23.9 Å². The summed E-state index contributed by atoms with van der Waals surface area (Å²) < 4.78 is 13.4. The minimum atomic E-state index is -0.659. The number of hydrogen-bond donors (Lipinski definition) is 3. The van der Waals surface area contributed by atoms with E-state index in [1.807, 2.05) is 13.0 Å². The largest absolute Gasteiger partial charge is 0.387 e. The van der Waals surface area contributed by atoms with Crippen molar-refractivity contribution in [1.29, 1.82) is 0 Å². The van der Waals surface area contributed by atoms with Crippen LogP contribution >= 0.6 is 11.8 Å². The first-order valence-electron chi connectivity index (χ1n) is 9.43. The van der Waals surface area contributed by atoms with E-state index in [4.69, 9.17) is 0 Å². The van der Waals surface area contributed by atoms with Crippen molar-refractivity contribution in [3.63, 3.8) is 0 Å². The Morgan fingerprint density at radius 3 is 2.88 bits per heavy atom. The molecule has 1 atom stereocenters. The topological polar surface area (TPSA) is 59.9 Å². The fourth-order valence-electron chi connectivity index (χ4n) is 3.42. The maximum Gasteiger partial charge on any atom is 0.191 e. The number of rotatable bonds is 5. The van der Waals surface area contributed by atoms with Gasteiger partial charge in [0.2, 0.25) is 0 Å². The van der Waals surface area contributed by atoms with Crippen LogP contribution in [0.25, 0.3) is 0 Å². The van der Waals surface area contributed by atoms with E-state index in [9.17, 15) is 9.50 Å². The zero-order chi connectivity index (χ0) is 18.4. The number of aliphatic hydroxyl groups is 1. The minimum Gasteiger partial charge on any atom is -0.387 e. The van der Waals surface area contributed by atoms with Crippen LogP contribution in [0.4, 0.5) is 10.1 Å². The molecule has 26 heavy (non-hydrogen) atoms. The van der Waals surface area contributed by atoms with Gasteiger partial charge in [0, 0.05) is 37.1 Å². The molecule has 0 aliphatic carbocycles. The van der Waals surface area contributed by atoms with Gasteiger partial charge in [0.05, 0.1) is 12.1 Å². The first-order chi connectivity index (χ1) is 12.6. The van der Waals surface area contributed by atoms with Gasteiger partial charge in [-0.3, -0.25) is 4.99 Å². The van der Waals surface area contributed by atoms with Gasteiger partial charge < -0.3 is 20.6 Å². The third-order valence-corrected chi connectivity index (χ3v) is 6.20. The summed E-state index contributed by atoms with van der Waals surface area (Å²) >= 11 is 1.79. The third kappa shape index (κ3) is 5.27. The first kappa shape index (κ1) is 19.3. The minimum absolute atomic E-state index is 0.188. The third-order valence-electron chi connectivity index (χ3n) is 4.97. The maximum atomic E-state index is 13.4. The molecule has 1 aromatic rings. The lowest BCUT2D eigenvalue weighted by Crippen LogP contribution is -2.49. The molecule has 0 bridgehead atoms. The van der Waals surface area contributed by atoms with Crippen LogP contribution in [0.3, 0.4) is 0 Å². The van der Waals surface area contributed by atoms with Crippen molar-refractivity contribution < 1.29 is 9.50 Å². The van der Waals surface area contributed by atoms with Gasteiger partial charge in [-0.05, 0) is 50.1 Å². The molecule has 2 heterocycles. The van der Waals surface area contributed by atoms with E-state index in [1.165, 1.54) is 6.07 Å². The Morgan fingerprint density at radius 2 is 2.23 bits per heavy atom. The molecule has 5 nitrogen and oxygen atoms in total. The molecule has 2 aliphatic rings. The highest BCUT2D eigenvalue weighted by Crippen LogP contribution is 2.28. The smallest absolute Gasteiger partial charge is 0.191 e. The zero-order valence-corrected chi connectivity index (χ0v) is 16.2. The average molecular weight is 381 g/mol. The van der Waals surface area contributed by atoms with E-state index in [2.05, 4.69) is 20.5 Å². The van der Waals surface area contributed by atoms with Crippen LogP contribution in [0, 0.1) is 5.82 Å².